The molecule has 236 valence electrons. The van der Waals surface area contributed by atoms with E-state index in [9.17, 15) is 35.6 Å². The summed E-state index contributed by atoms with van der Waals surface area (Å²) in [6.45, 7) is 0.673. The molecule has 2 aromatic rings. The third-order valence-electron chi connectivity index (χ3n) is 6.83. The Morgan fingerprint density at radius 2 is 1.81 bits per heavy atom. The van der Waals surface area contributed by atoms with Gasteiger partial charge in [0.15, 0.2) is 5.67 Å². The molecule has 43 heavy (non-hydrogen) atoms. The Balaban J connectivity index is 1.62. The van der Waals surface area contributed by atoms with Crippen molar-refractivity contribution in [1.82, 2.24) is 5.32 Å². The fourth-order valence-electron chi connectivity index (χ4n) is 4.21. The molecule has 10 nitrogen and oxygen atoms in total. The average molecular weight is 656 g/mol. The van der Waals surface area contributed by atoms with Crippen molar-refractivity contribution in [1.29, 1.82) is 0 Å². The zero-order valence-electron chi connectivity index (χ0n) is 22.8. The quantitative estimate of drug-likeness (QED) is 0.404. The zero-order valence-corrected chi connectivity index (χ0v) is 24.3. The zero-order chi connectivity index (χ0) is 31.8. The Hall–Kier alpha value is -3.37. The van der Waals surface area contributed by atoms with Crippen molar-refractivity contribution in [2.75, 3.05) is 35.9 Å². The van der Waals surface area contributed by atoms with Crippen LogP contribution in [0.25, 0.3) is 0 Å². The van der Waals surface area contributed by atoms with Crippen LogP contribution in [-0.4, -0.2) is 70.3 Å². The van der Waals surface area contributed by atoms with Gasteiger partial charge in [-0.05, 0) is 50.2 Å². The number of carbonyl (C=O) groups excluding carboxylic acids is 2. The minimum Gasteiger partial charge on any atom is -0.484 e. The van der Waals surface area contributed by atoms with Crippen molar-refractivity contribution in [2.45, 2.75) is 55.1 Å². The Morgan fingerprint density at radius 3 is 2.44 bits per heavy atom. The fraction of sp³-hybridized carbons (Fsp3) is 0.462. The Labute approximate surface area is 248 Å². The highest BCUT2D eigenvalue weighted by Crippen LogP contribution is 2.40. The van der Waals surface area contributed by atoms with E-state index in [1.807, 2.05) is 0 Å². The first-order valence-electron chi connectivity index (χ1n) is 12.8. The summed E-state index contributed by atoms with van der Waals surface area (Å²) in [5.41, 5.74) is -5.29. The molecular formula is C26H27ClF5N3O7S. The predicted octanol–water partition coefficient (Wildman–Crippen LogP) is 4.96. The van der Waals surface area contributed by atoms with Crippen LogP contribution in [0.1, 0.15) is 26.7 Å². The number of sulfonamides is 1. The minimum absolute atomic E-state index is 0.0566. The molecule has 0 spiro atoms. The topological polar surface area (TPSA) is 123 Å². The van der Waals surface area contributed by atoms with Crippen molar-refractivity contribution >= 4 is 45.0 Å². The second-order valence-corrected chi connectivity index (χ2v) is 12.6. The number of ether oxygens (including phenoxy) is 3. The van der Waals surface area contributed by atoms with Gasteiger partial charge in [0.05, 0.1) is 41.9 Å². The van der Waals surface area contributed by atoms with Crippen molar-refractivity contribution in [3.8, 4) is 5.75 Å². The van der Waals surface area contributed by atoms with Gasteiger partial charge in [-0.25, -0.2) is 22.0 Å². The molecule has 2 amide bonds. The van der Waals surface area contributed by atoms with Gasteiger partial charge in [0, 0.05) is 18.5 Å². The predicted molar refractivity (Wildman–Crippen MR) is 144 cm³/mol. The molecule has 1 saturated heterocycles. The van der Waals surface area contributed by atoms with Crippen LogP contribution >= 0.6 is 11.6 Å². The van der Waals surface area contributed by atoms with Crippen molar-refractivity contribution < 1.29 is 54.2 Å². The fourth-order valence-corrected chi connectivity index (χ4v) is 5.98. The smallest absolute Gasteiger partial charge is 0.427 e. The maximum Gasteiger partial charge on any atom is 0.427 e. The molecule has 0 aromatic heterocycles. The molecule has 0 saturated carbocycles. The maximum absolute atomic E-state index is 15.0. The number of rotatable bonds is 7. The number of amides is 2. The van der Waals surface area contributed by atoms with E-state index in [1.54, 1.807) is 0 Å². The molecule has 0 aliphatic carbocycles. The van der Waals surface area contributed by atoms with Crippen molar-refractivity contribution in [2.24, 2.45) is 0 Å². The summed E-state index contributed by atoms with van der Waals surface area (Å²) < 4.78 is 112. The molecule has 1 fully saturated rings. The van der Waals surface area contributed by atoms with Crippen LogP contribution in [0.15, 0.2) is 41.3 Å². The summed E-state index contributed by atoms with van der Waals surface area (Å²) in [5.74, 6) is -1.84. The van der Waals surface area contributed by atoms with E-state index in [0.29, 0.717) is 13.8 Å². The van der Waals surface area contributed by atoms with Crippen molar-refractivity contribution in [3.63, 3.8) is 0 Å². The summed E-state index contributed by atoms with van der Waals surface area (Å²) in [4.78, 5) is 24.4. The third-order valence-corrected chi connectivity index (χ3v) is 8.89. The highest BCUT2D eigenvalue weighted by molar-refractivity contribution is 7.92. The molecule has 1 atom stereocenters. The van der Waals surface area contributed by atoms with Gasteiger partial charge in [-0.3, -0.25) is 14.4 Å². The molecule has 4 rings (SSSR count). The molecule has 2 aliphatic rings. The number of hydrogen-bond acceptors (Lipinski definition) is 7. The van der Waals surface area contributed by atoms with Crippen LogP contribution in [0.2, 0.25) is 5.02 Å². The highest BCUT2D eigenvalue weighted by Gasteiger charge is 2.51. The van der Waals surface area contributed by atoms with Gasteiger partial charge in [-0.15, -0.1) is 0 Å². The lowest BCUT2D eigenvalue weighted by molar-refractivity contribution is -0.242. The first-order valence-corrected chi connectivity index (χ1v) is 14.6. The van der Waals surface area contributed by atoms with Crippen molar-refractivity contribution in [3.05, 3.63) is 47.2 Å². The minimum atomic E-state index is -4.87. The first kappa shape index (κ1) is 32.5. The second kappa shape index (κ2) is 12.0. The number of nitrogens with one attached hydrogen (secondary N) is 2. The Bertz CT molecular complexity index is 1500. The summed E-state index contributed by atoms with van der Waals surface area (Å²) in [5, 5.41) is 4.09. The molecule has 1 unspecified atom stereocenters. The highest BCUT2D eigenvalue weighted by atomic mass is 35.5. The Morgan fingerprint density at radius 1 is 1.14 bits per heavy atom. The molecule has 0 bridgehead atoms. The van der Waals surface area contributed by atoms with Crippen LogP contribution in [0.5, 0.6) is 5.75 Å². The summed E-state index contributed by atoms with van der Waals surface area (Å²) in [6.07, 6.45) is -7.68. The number of carbonyl (C=O) groups is 2. The van der Waals surface area contributed by atoms with E-state index in [0.717, 1.165) is 28.6 Å². The number of alkyl halides is 4. The molecule has 2 heterocycles. The van der Waals surface area contributed by atoms with E-state index >= 15 is 4.39 Å². The van der Waals surface area contributed by atoms with E-state index in [-0.39, 0.29) is 49.7 Å². The third kappa shape index (κ3) is 7.07. The van der Waals surface area contributed by atoms with Crippen LogP contribution in [-0.2, 0) is 24.3 Å². The van der Waals surface area contributed by atoms with Gasteiger partial charge in [-0.2, -0.15) is 13.2 Å². The van der Waals surface area contributed by atoms with Crippen LogP contribution in [0.3, 0.4) is 0 Å². The van der Waals surface area contributed by atoms with Gasteiger partial charge in [0.1, 0.15) is 17.7 Å². The number of halogens is 6. The van der Waals surface area contributed by atoms with Crippen LogP contribution < -0.4 is 19.7 Å². The number of nitrogens with zero attached hydrogens (tertiary/aromatic N) is 1. The molecule has 17 heteroatoms. The maximum atomic E-state index is 15.0. The Kier molecular flexibility index (Phi) is 9.05. The lowest BCUT2D eigenvalue weighted by Crippen LogP contribution is -2.52. The number of anilines is 2. The van der Waals surface area contributed by atoms with Gasteiger partial charge < -0.3 is 19.5 Å². The van der Waals surface area contributed by atoms with Gasteiger partial charge >= 0.3 is 12.3 Å². The van der Waals surface area contributed by atoms with E-state index in [1.165, 1.54) is 12.1 Å². The number of hydrogen-bond donors (Lipinski definition) is 2. The molecule has 0 radical (unpaired) electrons. The standard InChI is InChI=1S/C26H27ClF5N3O7S/c1-24(2,26(30,31)32)42-23(37)34-15-3-6-21-20(11-15)35(43(38,39)17-4-5-19(28)18(27)12-17)14-16(41-21)13-33-22(36)25(29)7-9-40-10-8-25/h3-6,11-12,16H,7-10,13-14H2,1-2H3,(H,33,36)(H,34,37). The van der Waals surface area contributed by atoms with Gasteiger partial charge in [0.25, 0.3) is 15.9 Å². The van der Waals surface area contributed by atoms with Crippen LogP contribution in [0.4, 0.5) is 38.1 Å². The number of benzene rings is 2. The summed E-state index contributed by atoms with van der Waals surface area (Å²) in [6, 6.07) is 6.28. The van der Waals surface area contributed by atoms with Gasteiger partial charge in [-0.1, -0.05) is 11.6 Å². The van der Waals surface area contributed by atoms with E-state index in [4.69, 9.17) is 21.1 Å². The molecule has 2 N–H and O–H groups in total. The van der Waals surface area contributed by atoms with E-state index in [2.05, 4.69) is 15.4 Å². The second-order valence-electron chi connectivity index (χ2n) is 10.3. The first-order chi connectivity index (χ1) is 19.9. The normalized spacial score (nSPS) is 18.7. The number of fused-ring (bicyclic) bond motifs is 1. The summed E-state index contributed by atoms with van der Waals surface area (Å²) >= 11 is 5.81. The van der Waals surface area contributed by atoms with Gasteiger partial charge in [0.2, 0.25) is 5.60 Å². The van der Waals surface area contributed by atoms with E-state index < -0.39 is 67.9 Å². The lowest BCUT2D eigenvalue weighted by atomic mass is 9.95. The summed E-state index contributed by atoms with van der Waals surface area (Å²) in [7, 11) is -4.51. The monoisotopic (exact) mass is 655 g/mol. The van der Waals surface area contributed by atoms with Crippen LogP contribution in [0, 0.1) is 5.82 Å². The largest absolute Gasteiger partial charge is 0.484 e. The lowest BCUT2D eigenvalue weighted by Gasteiger charge is -2.36. The molecule has 2 aromatic carbocycles. The SMILES string of the molecule is CC(C)(OC(=O)Nc1ccc2c(c1)N(S(=O)(=O)c1ccc(F)c(Cl)c1)CC(CNC(=O)C1(F)CCOCC1)O2)C(F)(F)F. The average Bonchev–Trinajstić information content (AvgIpc) is 2.92. The molecular weight excluding hydrogens is 629 g/mol. The molecule has 2 aliphatic heterocycles.